The van der Waals surface area contributed by atoms with E-state index in [2.05, 4.69) is 10.6 Å². The number of benzene rings is 1. The first-order valence-electron chi connectivity index (χ1n) is 11.8. The van der Waals surface area contributed by atoms with E-state index in [1.165, 1.54) is 24.3 Å². The fraction of sp³-hybridized carbons (Fsp3) is 0.500. The number of carbonyl (C=O) groups excluding carboxylic acids is 3. The Hall–Kier alpha value is -4.20. The van der Waals surface area contributed by atoms with E-state index in [0.717, 1.165) is 0 Å². The summed E-state index contributed by atoms with van der Waals surface area (Å²) >= 11 is 0. The normalized spacial score (nSPS) is 14.0. The molecule has 38 heavy (non-hydrogen) atoms. The summed E-state index contributed by atoms with van der Waals surface area (Å²) < 4.78 is 0. The van der Waals surface area contributed by atoms with Gasteiger partial charge >= 0.3 is 17.9 Å². The summed E-state index contributed by atoms with van der Waals surface area (Å²) in [6.07, 6.45) is -1.77. The maximum absolute atomic E-state index is 13.1. The number of carbonyl (C=O) groups is 6. The molecule has 0 aliphatic heterocycles. The second-order valence-electron chi connectivity index (χ2n) is 9.16. The topological polar surface area (TPSA) is 245 Å². The van der Waals surface area contributed by atoms with Crippen LogP contribution in [-0.4, -0.2) is 80.2 Å². The second-order valence-corrected chi connectivity index (χ2v) is 9.16. The van der Waals surface area contributed by atoms with Gasteiger partial charge in [0.1, 0.15) is 23.9 Å². The second kappa shape index (κ2) is 15.1. The predicted octanol–water partition coefficient (Wildman–Crippen LogP) is -0.813. The van der Waals surface area contributed by atoms with Gasteiger partial charge < -0.3 is 42.1 Å². The van der Waals surface area contributed by atoms with Crippen LogP contribution >= 0.6 is 0 Å². The Balaban J connectivity index is 3.14. The monoisotopic (exact) mass is 538 g/mol. The highest BCUT2D eigenvalue weighted by molar-refractivity contribution is 5.95. The fourth-order valence-electron chi connectivity index (χ4n) is 3.42. The molecule has 0 saturated carbocycles. The molecule has 210 valence electrons. The van der Waals surface area contributed by atoms with Crippen molar-refractivity contribution in [3.8, 4) is 5.75 Å². The van der Waals surface area contributed by atoms with Gasteiger partial charge in [-0.1, -0.05) is 26.0 Å². The minimum absolute atomic E-state index is 0.0354. The van der Waals surface area contributed by atoms with Crippen LogP contribution in [0.25, 0.3) is 0 Å². The number of phenolic OH excluding ortho intramolecular Hbond substituents is 1. The van der Waals surface area contributed by atoms with Crippen LogP contribution in [0.2, 0.25) is 0 Å². The Labute approximate surface area is 218 Å². The van der Waals surface area contributed by atoms with E-state index in [9.17, 15) is 44.1 Å². The zero-order chi connectivity index (χ0) is 29.0. The van der Waals surface area contributed by atoms with Crippen LogP contribution < -0.4 is 21.7 Å². The predicted molar refractivity (Wildman–Crippen MR) is 132 cm³/mol. The van der Waals surface area contributed by atoms with Crippen molar-refractivity contribution in [2.24, 2.45) is 11.7 Å². The van der Waals surface area contributed by atoms with Crippen molar-refractivity contribution < 1.29 is 49.2 Å². The van der Waals surface area contributed by atoms with Crippen LogP contribution in [0.1, 0.15) is 45.1 Å². The Bertz CT molecular complexity index is 1010. The summed E-state index contributed by atoms with van der Waals surface area (Å²) in [5.41, 5.74) is 6.43. The quantitative estimate of drug-likeness (QED) is 0.129. The van der Waals surface area contributed by atoms with Crippen LogP contribution in [-0.2, 0) is 35.2 Å². The SMILES string of the molecule is CC(C)CC(N)C(=O)NC(Cc1ccc(O)cc1)C(=O)NC(CC(=O)O)C(=O)NC(CCC(=O)O)C(=O)O. The number of carboxylic acids is 3. The Morgan fingerprint density at radius 3 is 1.82 bits per heavy atom. The lowest BCUT2D eigenvalue weighted by molar-refractivity contribution is -0.144. The van der Waals surface area contributed by atoms with Crippen LogP contribution in [0.3, 0.4) is 0 Å². The lowest BCUT2D eigenvalue weighted by Gasteiger charge is -2.25. The first kappa shape index (κ1) is 31.8. The zero-order valence-electron chi connectivity index (χ0n) is 21.0. The standard InChI is InChI=1S/C24H34N4O10/c1-12(2)9-15(25)21(34)27-17(10-13-3-5-14(29)6-4-13)22(35)28-18(11-20(32)33)23(36)26-16(24(37)38)7-8-19(30)31/h3-6,12,15-18,29H,7-11,25H2,1-2H3,(H,26,36)(H,27,34)(H,28,35)(H,30,31)(H,32,33)(H,37,38). The molecule has 0 saturated heterocycles. The molecule has 4 atom stereocenters. The van der Waals surface area contributed by atoms with Gasteiger partial charge in [0.2, 0.25) is 17.7 Å². The summed E-state index contributed by atoms with van der Waals surface area (Å²) in [5, 5.41) is 43.6. The highest BCUT2D eigenvalue weighted by atomic mass is 16.4. The number of hydrogen-bond acceptors (Lipinski definition) is 8. The van der Waals surface area contributed by atoms with Crippen LogP contribution in [0.15, 0.2) is 24.3 Å². The first-order chi connectivity index (χ1) is 17.7. The number of aliphatic carboxylic acids is 3. The lowest BCUT2D eigenvalue weighted by Crippen LogP contribution is -2.58. The van der Waals surface area contributed by atoms with Gasteiger partial charge in [0.05, 0.1) is 12.5 Å². The van der Waals surface area contributed by atoms with E-state index in [4.69, 9.17) is 10.8 Å². The highest BCUT2D eigenvalue weighted by Crippen LogP contribution is 2.12. The van der Waals surface area contributed by atoms with Crippen LogP contribution in [0.5, 0.6) is 5.75 Å². The molecule has 1 aromatic carbocycles. The highest BCUT2D eigenvalue weighted by Gasteiger charge is 2.32. The van der Waals surface area contributed by atoms with Gasteiger partial charge in [-0.15, -0.1) is 0 Å². The molecular formula is C24H34N4O10. The maximum Gasteiger partial charge on any atom is 0.326 e. The number of nitrogens with one attached hydrogen (secondary N) is 3. The molecule has 14 nitrogen and oxygen atoms in total. The number of rotatable bonds is 16. The molecule has 0 fully saturated rings. The fourth-order valence-corrected chi connectivity index (χ4v) is 3.42. The molecule has 3 amide bonds. The summed E-state index contributed by atoms with van der Waals surface area (Å²) in [5.74, 6) is -7.05. The van der Waals surface area contributed by atoms with Crippen molar-refractivity contribution in [1.29, 1.82) is 0 Å². The van der Waals surface area contributed by atoms with E-state index in [1.54, 1.807) is 0 Å². The summed E-state index contributed by atoms with van der Waals surface area (Å²) in [4.78, 5) is 72.0. The van der Waals surface area contributed by atoms with Crippen molar-refractivity contribution in [3.63, 3.8) is 0 Å². The molecule has 0 aromatic heterocycles. The van der Waals surface area contributed by atoms with Crippen LogP contribution in [0, 0.1) is 5.92 Å². The van der Waals surface area contributed by atoms with Crippen molar-refractivity contribution in [2.75, 3.05) is 0 Å². The molecule has 9 N–H and O–H groups in total. The number of carboxylic acid groups (broad SMARTS) is 3. The number of phenols is 1. The number of amides is 3. The molecule has 0 heterocycles. The first-order valence-corrected chi connectivity index (χ1v) is 11.8. The third-order valence-electron chi connectivity index (χ3n) is 5.34. The maximum atomic E-state index is 13.1. The average Bonchev–Trinajstić information content (AvgIpc) is 2.80. The molecule has 4 unspecified atom stereocenters. The molecule has 1 aromatic rings. The van der Waals surface area contributed by atoms with Gasteiger partial charge in [-0.2, -0.15) is 0 Å². The van der Waals surface area contributed by atoms with E-state index >= 15 is 0 Å². The molecular weight excluding hydrogens is 504 g/mol. The Kier molecular flexibility index (Phi) is 12.7. The number of nitrogens with two attached hydrogens (primary N) is 1. The van der Waals surface area contributed by atoms with Crippen molar-refractivity contribution >= 4 is 35.6 Å². The van der Waals surface area contributed by atoms with Crippen molar-refractivity contribution in [1.82, 2.24) is 16.0 Å². The third-order valence-corrected chi connectivity index (χ3v) is 5.34. The van der Waals surface area contributed by atoms with E-state index in [-0.39, 0.29) is 18.1 Å². The van der Waals surface area contributed by atoms with Crippen molar-refractivity contribution in [3.05, 3.63) is 29.8 Å². The summed E-state index contributed by atoms with van der Waals surface area (Å²) in [6.45, 7) is 3.70. The van der Waals surface area contributed by atoms with E-state index < -0.39 is 79.1 Å². The lowest BCUT2D eigenvalue weighted by atomic mass is 10.0. The Morgan fingerprint density at radius 1 is 0.789 bits per heavy atom. The molecule has 14 heteroatoms. The van der Waals surface area contributed by atoms with Gasteiger partial charge in [-0.25, -0.2) is 4.79 Å². The minimum atomic E-state index is -1.74. The average molecular weight is 539 g/mol. The summed E-state index contributed by atoms with van der Waals surface area (Å²) in [7, 11) is 0. The minimum Gasteiger partial charge on any atom is -0.508 e. The number of hydrogen-bond donors (Lipinski definition) is 8. The Morgan fingerprint density at radius 2 is 1.32 bits per heavy atom. The van der Waals surface area contributed by atoms with E-state index in [0.29, 0.717) is 12.0 Å². The molecule has 0 bridgehead atoms. The van der Waals surface area contributed by atoms with Gasteiger partial charge in [0, 0.05) is 12.8 Å². The zero-order valence-corrected chi connectivity index (χ0v) is 21.0. The van der Waals surface area contributed by atoms with Crippen molar-refractivity contribution in [2.45, 2.75) is 70.1 Å². The summed E-state index contributed by atoms with van der Waals surface area (Å²) in [6, 6.07) is 0.0731. The number of aromatic hydroxyl groups is 1. The van der Waals surface area contributed by atoms with Gasteiger partial charge in [-0.3, -0.25) is 24.0 Å². The van der Waals surface area contributed by atoms with Crippen LogP contribution in [0.4, 0.5) is 0 Å². The molecule has 1 rings (SSSR count). The largest absolute Gasteiger partial charge is 0.508 e. The molecule has 0 radical (unpaired) electrons. The smallest absolute Gasteiger partial charge is 0.326 e. The van der Waals surface area contributed by atoms with Gasteiger partial charge in [-0.05, 0) is 36.5 Å². The van der Waals surface area contributed by atoms with E-state index in [1.807, 2.05) is 19.2 Å². The van der Waals surface area contributed by atoms with Gasteiger partial charge in [0.25, 0.3) is 0 Å². The van der Waals surface area contributed by atoms with Gasteiger partial charge in [0.15, 0.2) is 0 Å². The molecule has 0 aliphatic carbocycles. The molecule has 0 aliphatic rings. The molecule has 0 spiro atoms. The third kappa shape index (κ3) is 11.7.